The summed E-state index contributed by atoms with van der Waals surface area (Å²) in [5.41, 5.74) is 1.10. The van der Waals surface area contributed by atoms with Gasteiger partial charge in [-0.1, -0.05) is 30.7 Å². The average molecular weight is 283 g/mol. The van der Waals surface area contributed by atoms with Crippen molar-refractivity contribution in [3.63, 3.8) is 0 Å². The molecular formula is C13H11ClOS2. The number of rotatable bonds is 3. The summed E-state index contributed by atoms with van der Waals surface area (Å²) < 4.78 is 1.06. The SMILES string of the molecule is CCSc1cc(=O)cc(-c2ccc(Cl)cc2)s1. The van der Waals surface area contributed by atoms with Crippen LogP contribution in [0.2, 0.25) is 5.02 Å². The monoisotopic (exact) mass is 282 g/mol. The smallest absolute Gasteiger partial charge is 0.182 e. The molecule has 1 nitrogen and oxygen atoms in total. The highest BCUT2D eigenvalue weighted by Gasteiger charge is 2.03. The zero-order valence-electron chi connectivity index (χ0n) is 9.27. The van der Waals surface area contributed by atoms with E-state index in [0.29, 0.717) is 5.02 Å². The molecule has 0 bridgehead atoms. The molecule has 0 saturated heterocycles. The second kappa shape index (κ2) is 5.71. The van der Waals surface area contributed by atoms with Crippen molar-refractivity contribution in [1.82, 2.24) is 0 Å². The molecule has 1 aromatic heterocycles. The fourth-order valence-corrected chi connectivity index (χ4v) is 3.71. The summed E-state index contributed by atoms with van der Waals surface area (Å²) in [7, 11) is 0. The van der Waals surface area contributed by atoms with Gasteiger partial charge in [0, 0.05) is 22.0 Å². The lowest BCUT2D eigenvalue weighted by molar-refractivity contribution is 1.49. The molecule has 1 heterocycles. The maximum absolute atomic E-state index is 11.6. The van der Waals surface area contributed by atoms with Crippen LogP contribution in [0, 0.1) is 0 Å². The van der Waals surface area contributed by atoms with E-state index in [0.717, 1.165) is 20.4 Å². The maximum Gasteiger partial charge on any atom is 0.182 e. The minimum Gasteiger partial charge on any atom is -0.290 e. The van der Waals surface area contributed by atoms with Crippen LogP contribution in [-0.2, 0) is 0 Å². The largest absolute Gasteiger partial charge is 0.290 e. The van der Waals surface area contributed by atoms with E-state index in [-0.39, 0.29) is 5.43 Å². The predicted octanol–water partition coefficient (Wildman–Crippen LogP) is 4.54. The van der Waals surface area contributed by atoms with Gasteiger partial charge in [-0.2, -0.15) is 0 Å². The lowest BCUT2D eigenvalue weighted by Crippen LogP contribution is -1.96. The number of thioether (sulfide) groups is 1. The minimum atomic E-state index is 0.0599. The molecule has 2 rings (SSSR count). The molecular weight excluding hydrogens is 272 g/mol. The van der Waals surface area contributed by atoms with Crippen LogP contribution < -0.4 is 5.43 Å². The van der Waals surface area contributed by atoms with Gasteiger partial charge >= 0.3 is 0 Å². The second-order valence-corrected chi connectivity index (χ2v) is 6.50. The Morgan fingerprint density at radius 2 is 1.94 bits per heavy atom. The lowest BCUT2D eigenvalue weighted by atomic mass is 10.2. The Balaban J connectivity index is 2.44. The Hall–Kier alpha value is -0.770. The van der Waals surface area contributed by atoms with Crippen molar-refractivity contribution in [3.05, 3.63) is 51.6 Å². The van der Waals surface area contributed by atoms with E-state index < -0.39 is 0 Å². The summed E-state index contributed by atoms with van der Waals surface area (Å²) in [6.07, 6.45) is 0. The third-order valence-electron chi connectivity index (χ3n) is 2.16. The van der Waals surface area contributed by atoms with E-state index in [1.807, 2.05) is 24.3 Å². The van der Waals surface area contributed by atoms with E-state index in [2.05, 4.69) is 6.92 Å². The third kappa shape index (κ3) is 3.35. The van der Waals surface area contributed by atoms with Crippen molar-refractivity contribution < 1.29 is 0 Å². The van der Waals surface area contributed by atoms with Crippen molar-refractivity contribution in [3.8, 4) is 10.4 Å². The Labute approximate surface area is 113 Å². The van der Waals surface area contributed by atoms with Gasteiger partial charge in [0.05, 0.1) is 4.21 Å². The van der Waals surface area contributed by atoms with Gasteiger partial charge in [0.2, 0.25) is 0 Å². The molecule has 88 valence electrons. The Morgan fingerprint density at radius 3 is 2.59 bits per heavy atom. The third-order valence-corrected chi connectivity index (χ3v) is 4.60. The van der Waals surface area contributed by atoms with Gasteiger partial charge < -0.3 is 0 Å². The van der Waals surface area contributed by atoms with Crippen molar-refractivity contribution in [1.29, 1.82) is 0 Å². The molecule has 0 fully saturated rings. The van der Waals surface area contributed by atoms with Crippen LogP contribution in [0.5, 0.6) is 0 Å². The Morgan fingerprint density at radius 1 is 1.24 bits per heavy atom. The van der Waals surface area contributed by atoms with Crippen LogP contribution in [0.15, 0.2) is 45.4 Å². The van der Waals surface area contributed by atoms with Gasteiger partial charge in [-0.3, -0.25) is 4.79 Å². The fraction of sp³-hybridized carbons (Fsp3) is 0.154. The number of hydrogen-bond donors (Lipinski definition) is 0. The number of hydrogen-bond acceptors (Lipinski definition) is 3. The minimum absolute atomic E-state index is 0.0599. The van der Waals surface area contributed by atoms with Crippen molar-refractivity contribution in [2.75, 3.05) is 5.75 Å². The first-order valence-electron chi connectivity index (χ1n) is 5.23. The molecule has 0 amide bonds. The Kier molecular flexibility index (Phi) is 4.26. The topological polar surface area (TPSA) is 17.1 Å². The van der Waals surface area contributed by atoms with Crippen molar-refractivity contribution >= 4 is 34.7 Å². The normalized spacial score (nSPS) is 10.5. The van der Waals surface area contributed by atoms with Gasteiger partial charge in [0.1, 0.15) is 0 Å². The highest BCUT2D eigenvalue weighted by Crippen LogP contribution is 2.30. The molecule has 0 spiro atoms. The molecule has 4 heteroatoms. The quantitative estimate of drug-likeness (QED) is 0.769. The summed E-state index contributed by atoms with van der Waals surface area (Å²) in [5.74, 6) is 0.972. The molecule has 0 N–H and O–H groups in total. The van der Waals surface area contributed by atoms with Crippen LogP contribution in [0.25, 0.3) is 10.4 Å². The predicted molar refractivity (Wildman–Crippen MR) is 77.4 cm³/mol. The molecule has 2 aromatic rings. The first kappa shape index (κ1) is 12.7. The zero-order chi connectivity index (χ0) is 12.3. The molecule has 0 aliphatic carbocycles. The maximum atomic E-state index is 11.6. The van der Waals surface area contributed by atoms with Crippen LogP contribution in [0.1, 0.15) is 6.92 Å². The summed E-state index contributed by atoms with van der Waals surface area (Å²) in [4.78, 5) is 12.6. The molecule has 0 aliphatic heterocycles. The van der Waals surface area contributed by atoms with E-state index >= 15 is 0 Å². The zero-order valence-corrected chi connectivity index (χ0v) is 11.7. The summed E-state index contributed by atoms with van der Waals surface area (Å²) in [6.45, 7) is 2.08. The van der Waals surface area contributed by atoms with Crippen LogP contribution in [-0.4, -0.2) is 5.75 Å². The van der Waals surface area contributed by atoms with Crippen molar-refractivity contribution in [2.45, 2.75) is 11.1 Å². The van der Waals surface area contributed by atoms with Gasteiger partial charge in [-0.05, 0) is 23.4 Å². The Bertz CT molecular complexity index is 560. The molecule has 0 saturated carbocycles. The van der Waals surface area contributed by atoms with Gasteiger partial charge in [0.25, 0.3) is 0 Å². The molecule has 0 unspecified atom stereocenters. The lowest BCUT2D eigenvalue weighted by Gasteiger charge is -2.03. The molecule has 1 aromatic carbocycles. The van der Waals surface area contributed by atoms with Gasteiger partial charge in [-0.25, -0.2) is 0 Å². The summed E-state index contributed by atoms with van der Waals surface area (Å²) in [5, 5.41) is 0.709. The van der Waals surface area contributed by atoms with Crippen LogP contribution in [0.3, 0.4) is 0 Å². The van der Waals surface area contributed by atoms with Gasteiger partial charge in [-0.15, -0.1) is 23.1 Å². The highest BCUT2D eigenvalue weighted by molar-refractivity contribution is 8.01. The van der Waals surface area contributed by atoms with E-state index in [4.69, 9.17) is 11.6 Å². The first-order valence-corrected chi connectivity index (χ1v) is 7.41. The second-order valence-electron chi connectivity index (χ2n) is 3.42. The molecule has 0 aliphatic rings. The fourth-order valence-electron chi connectivity index (χ4n) is 1.42. The number of benzene rings is 1. The highest BCUT2D eigenvalue weighted by atomic mass is 35.5. The summed E-state index contributed by atoms with van der Waals surface area (Å²) >= 11 is 9.18. The summed E-state index contributed by atoms with van der Waals surface area (Å²) in [6, 6.07) is 10.9. The average Bonchev–Trinajstić information content (AvgIpc) is 2.29. The van der Waals surface area contributed by atoms with E-state index in [1.54, 1.807) is 35.2 Å². The molecule has 0 radical (unpaired) electrons. The van der Waals surface area contributed by atoms with Crippen LogP contribution in [0.4, 0.5) is 0 Å². The molecule has 17 heavy (non-hydrogen) atoms. The van der Waals surface area contributed by atoms with Crippen molar-refractivity contribution in [2.24, 2.45) is 0 Å². The van der Waals surface area contributed by atoms with Crippen LogP contribution >= 0.6 is 34.7 Å². The van der Waals surface area contributed by atoms with E-state index in [1.165, 1.54) is 0 Å². The van der Waals surface area contributed by atoms with Gasteiger partial charge in [0.15, 0.2) is 5.43 Å². The number of halogens is 1. The van der Waals surface area contributed by atoms with E-state index in [9.17, 15) is 4.79 Å². The first-order chi connectivity index (χ1) is 8.19. The molecule has 0 atom stereocenters. The standard InChI is InChI=1S/C13H11ClOS2/c1-2-16-13-8-11(15)7-12(17-13)9-3-5-10(14)6-4-9/h3-8H,2H2,1H3.